The summed E-state index contributed by atoms with van der Waals surface area (Å²) >= 11 is 0. The lowest BCUT2D eigenvalue weighted by Gasteiger charge is -2.18. The van der Waals surface area contributed by atoms with E-state index in [1.807, 2.05) is 0 Å². The molecule has 1 fully saturated rings. The lowest BCUT2D eigenvalue weighted by Crippen LogP contribution is -2.15. The van der Waals surface area contributed by atoms with Gasteiger partial charge in [0.1, 0.15) is 5.82 Å². The van der Waals surface area contributed by atoms with Gasteiger partial charge in [-0.25, -0.2) is 4.39 Å². The molecule has 1 aromatic rings. The van der Waals surface area contributed by atoms with Crippen LogP contribution >= 0.6 is 0 Å². The molecule has 0 bridgehead atoms. The molecule has 4 nitrogen and oxygen atoms in total. The molecule has 1 aromatic carbocycles. The van der Waals surface area contributed by atoms with Crippen molar-refractivity contribution in [3.8, 4) is 0 Å². The SMILES string of the molecule is [N-]=[N+]=NC(c1ccc(F)cc1)C1CCCO1. The Hall–Kier alpha value is -1.58. The first-order valence-electron chi connectivity index (χ1n) is 5.22. The monoisotopic (exact) mass is 221 g/mol. The lowest BCUT2D eigenvalue weighted by molar-refractivity contribution is 0.0901. The molecule has 2 atom stereocenters. The zero-order valence-corrected chi connectivity index (χ0v) is 8.71. The molecule has 1 aliphatic heterocycles. The van der Waals surface area contributed by atoms with Crippen LogP contribution in [0.25, 0.3) is 10.4 Å². The maximum absolute atomic E-state index is 12.8. The van der Waals surface area contributed by atoms with Gasteiger partial charge in [-0.1, -0.05) is 17.2 Å². The van der Waals surface area contributed by atoms with Crippen molar-refractivity contribution in [1.29, 1.82) is 0 Å². The Morgan fingerprint density at radius 1 is 1.44 bits per heavy atom. The van der Waals surface area contributed by atoms with E-state index in [2.05, 4.69) is 10.0 Å². The minimum absolute atomic E-state index is 0.0821. The molecule has 0 radical (unpaired) electrons. The first-order chi connectivity index (χ1) is 7.81. The summed E-state index contributed by atoms with van der Waals surface area (Å²) in [6.07, 6.45) is 1.77. The summed E-state index contributed by atoms with van der Waals surface area (Å²) in [5.74, 6) is -0.296. The Kier molecular flexibility index (Phi) is 3.39. The zero-order chi connectivity index (χ0) is 11.4. The van der Waals surface area contributed by atoms with Crippen LogP contribution in [0.15, 0.2) is 29.4 Å². The third-order valence-electron chi connectivity index (χ3n) is 2.70. The molecule has 1 aliphatic rings. The second kappa shape index (κ2) is 4.96. The van der Waals surface area contributed by atoms with E-state index in [1.54, 1.807) is 12.1 Å². The van der Waals surface area contributed by atoms with Crippen molar-refractivity contribution in [2.45, 2.75) is 25.0 Å². The van der Waals surface area contributed by atoms with Crippen LogP contribution in [-0.2, 0) is 4.74 Å². The van der Waals surface area contributed by atoms with E-state index in [-0.39, 0.29) is 18.0 Å². The summed E-state index contributed by atoms with van der Waals surface area (Å²) in [6.45, 7) is 0.698. The number of halogens is 1. The van der Waals surface area contributed by atoms with Crippen LogP contribution in [0.1, 0.15) is 24.4 Å². The Labute approximate surface area is 92.7 Å². The van der Waals surface area contributed by atoms with Gasteiger partial charge >= 0.3 is 0 Å². The van der Waals surface area contributed by atoms with E-state index in [9.17, 15) is 4.39 Å². The van der Waals surface area contributed by atoms with Crippen LogP contribution in [0.5, 0.6) is 0 Å². The molecule has 2 rings (SSSR count). The average molecular weight is 221 g/mol. The van der Waals surface area contributed by atoms with E-state index < -0.39 is 0 Å². The van der Waals surface area contributed by atoms with Gasteiger partial charge in [0.15, 0.2) is 0 Å². The zero-order valence-electron chi connectivity index (χ0n) is 8.71. The van der Waals surface area contributed by atoms with E-state index >= 15 is 0 Å². The molecule has 0 spiro atoms. The number of azide groups is 1. The molecule has 0 saturated carbocycles. The summed E-state index contributed by atoms with van der Waals surface area (Å²) in [7, 11) is 0. The van der Waals surface area contributed by atoms with Crippen molar-refractivity contribution in [2.24, 2.45) is 5.11 Å². The second-order valence-electron chi connectivity index (χ2n) is 3.75. The Morgan fingerprint density at radius 3 is 2.75 bits per heavy atom. The topological polar surface area (TPSA) is 58.0 Å². The molecule has 1 heterocycles. The Balaban J connectivity index is 2.24. The summed E-state index contributed by atoms with van der Waals surface area (Å²) in [5.41, 5.74) is 9.34. The van der Waals surface area contributed by atoms with Gasteiger partial charge in [-0.05, 0) is 36.1 Å². The fourth-order valence-corrected chi connectivity index (χ4v) is 1.92. The minimum Gasteiger partial charge on any atom is -0.377 e. The van der Waals surface area contributed by atoms with Gasteiger partial charge in [0.05, 0.1) is 12.1 Å². The third-order valence-corrected chi connectivity index (χ3v) is 2.70. The predicted octanol–water partition coefficient (Wildman–Crippen LogP) is 3.36. The predicted molar refractivity (Wildman–Crippen MR) is 57.3 cm³/mol. The number of hydrogen-bond donors (Lipinski definition) is 0. The maximum atomic E-state index is 12.8. The van der Waals surface area contributed by atoms with Crippen LogP contribution in [0.2, 0.25) is 0 Å². The standard InChI is InChI=1S/C11H12FN3O/c12-9-5-3-8(4-6-9)11(14-15-13)10-2-1-7-16-10/h3-6,10-11H,1-2,7H2. The molecule has 1 saturated heterocycles. The fourth-order valence-electron chi connectivity index (χ4n) is 1.92. The number of ether oxygens (including phenoxy) is 1. The smallest absolute Gasteiger partial charge is 0.123 e. The van der Waals surface area contributed by atoms with Crippen LogP contribution in [-0.4, -0.2) is 12.7 Å². The quantitative estimate of drug-likeness (QED) is 0.438. The van der Waals surface area contributed by atoms with Crippen LogP contribution in [0.4, 0.5) is 4.39 Å². The fraction of sp³-hybridized carbons (Fsp3) is 0.455. The average Bonchev–Trinajstić information content (AvgIpc) is 2.81. The normalized spacial score (nSPS) is 21.4. The third kappa shape index (κ3) is 2.32. The molecule has 16 heavy (non-hydrogen) atoms. The highest BCUT2D eigenvalue weighted by Crippen LogP contribution is 2.30. The highest BCUT2D eigenvalue weighted by Gasteiger charge is 2.26. The molecule has 5 heteroatoms. The molecule has 0 amide bonds. The highest BCUT2D eigenvalue weighted by atomic mass is 19.1. The van der Waals surface area contributed by atoms with E-state index in [0.717, 1.165) is 18.4 Å². The largest absolute Gasteiger partial charge is 0.377 e. The van der Waals surface area contributed by atoms with Crippen molar-refractivity contribution in [3.05, 3.63) is 46.1 Å². The van der Waals surface area contributed by atoms with Crippen molar-refractivity contribution in [2.75, 3.05) is 6.61 Å². The molecule has 84 valence electrons. The van der Waals surface area contributed by atoms with Crippen LogP contribution < -0.4 is 0 Å². The molecule has 0 aliphatic carbocycles. The number of nitrogens with zero attached hydrogens (tertiary/aromatic N) is 3. The van der Waals surface area contributed by atoms with Crippen LogP contribution in [0, 0.1) is 5.82 Å². The van der Waals surface area contributed by atoms with Crippen molar-refractivity contribution in [3.63, 3.8) is 0 Å². The Bertz CT molecular complexity index is 394. The second-order valence-corrected chi connectivity index (χ2v) is 3.75. The van der Waals surface area contributed by atoms with Crippen molar-refractivity contribution < 1.29 is 9.13 Å². The van der Waals surface area contributed by atoms with Crippen molar-refractivity contribution in [1.82, 2.24) is 0 Å². The summed E-state index contributed by atoms with van der Waals surface area (Å²) in [5, 5.41) is 3.74. The number of benzene rings is 1. The maximum Gasteiger partial charge on any atom is 0.123 e. The number of rotatable bonds is 3. The van der Waals surface area contributed by atoms with Gasteiger partial charge in [0, 0.05) is 11.5 Å². The first kappa shape index (κ1) is 10.9. The highest BCUT2D eigenvalue weighted by molar-refractivity contribution is 5.21. The first-order valence-corrected chi connectivity index (χ1v) is 5.22. The Morgan fingerprint density at radius 2 is 2.19 bits per heavy atom. The molecule has 0 aromatic heterocycles. The summed E-state index contributed by atoms with van der Waals surface area (Å²) in [4.78, 5) is 2.83. The summed E-state index contributed by atoms with van der Waals surface area (Å²) < 4.78 is 18.3. The van der Waals surface area contributed by atoms with Gasteiger partial charge in [-0.15, -0.1) is 0 Å². The molecular weight excluding hydrogens is 209 g/mol. The molecule has 2 unspecified atom stereocenters. The molecule has 0 N–H and O–H groups in total. The lowest BCUT2D eigenvalue weighted by atomic mass is 10.0. The van der Waals surface area contributed by atoms with Crippen molar-refractivity contribution >= 4 is 0 Å². The van der Waals surface area contributed by atoms with Gasteiger partial charge in [-0.3, -0.25) is 0 Å². The van der Waals surface area contributed by atoms with Gasteiger partial charge in [0.2, 0.25) is 0 Å². The van der Waals surface area contributed by atoms with E-state index in [4.69, 9.17) is 10.3 Å². The van der Waals surface area contributed by atoms with Gasteiger partial charge in [-0.2, -0.15) is 0 Å². The minimum atomic E-state index is -0.354. The molecular formula is C11H12FN3O. The van der Waals surface area contributed by atoms with Crippen LogP contribution in [0.3, 0.4) is 0 Å². The summed E-state index contributed by atoms with van der Waals surface area (Å²) in [6, 6.07) is 5.65. The van der Waals surface area contributed by atoms with E-state index in [0.29, 0.717) is 6.61 Å². The van der Waals surface area contributed by atoms with E-state index in [1.165, 1.54) is 12.1 Å². The van der Waals surface area contributed by atoms with Gasteiger partial charge < -0.3 is 4.74 Å². The van der Waals surface area contributed by atoms with Gasteiger partial charge in [0.25, 0.3) is 0 Å². The number of hydrogen-bond acceptors (Lipinski definition) is 2.